The van der Waals surface area contributed by atoms with Gasteiger partial charge >= 0.3 is 16.4 Å². The predicted molar refractivity (Wildman–Crippen MR) is 162 cm³/mol. The number of primary amides is 1. The zero-order valence-corrected chi connectivity index (χ0v) is 25.9. The third-order valence-corrected chi connectivity index (χ3v) is 8.69. The van der Waals surface area contributed by atoms with E-state index in [0.29, 0.717) is 0 Å². The van der Waals surface area contributed by atoms with Crippen molar-refractivity contribution in [3.8, 4) is 11.5 Å². The molecule has 250 valence electrons. The van der Waals surface area contributed by atoms with Crippen LogP contribution < -0.4 is 9.92 Å². The summed E-state index contributed by atoms with van der Waals surface area (Å²) in [6.07, 6.45) is -1.75. The molecule has 0 unspecified atom stereocenters. The van der Waals surface area contributed by atoms with Gasteiger partial charge in [-0.1, -0.05) is 30.3 Å². The molecule has 2 aromatic rings. The molecule has 0 aliphatic heterocycles. The van der Waals surface area contributed by atoms with Gasteiger partial charge in [-0.15, -0.1) is 0 Å². The quantitative estimate of drug-likeness (QED) is 0.157. The first kappa shape index (κ1) is 35.1. The highest BCUT2D eigenvalue weighted by Gasteiger charge is 2.68. The van der Waals surface area contributed by atoms with Crippen molar-refractivity contribution in [1.82, 2.24) is 4.90 Å². The minimum atomic E-state index is -4.70. The number of hydrogen-bond donors (Lipinski definition) is 8. The third-order valence-electron chi connectivity index (χ3n) is 7.98. The number of carboxylic acids is 1. The second-order valence-corrected chi connectivity index (χ2v) is 12.3. The number of Topliss-reactive ketones (excluding diaryl/α,β-unsaturated/α-hetero) is 2. The normalized spacial score (nSPS) is 25.4. The van der Waals surface area contributed by atoms with E-state index in [-0.39, 0.29) is 27.3 Å². The fourth-order valence-corrected chi connectivity index (χ4v) is 6.74. The summed E-state index contributed by atoms with van der Waals surface area (Å²) in [7, 11) is -1.86. The molecule has 0 spiro atoms. The number of amides is 1. The number of likely N-dealkylation sites (N-methyl/N-ethyl adjacent to an activating group) is 1. The highest BCUT2D eigenvalue weighted by atomic mass is 35.5. The number of carbonyl (C=O) groups excluding carboxylic acids is 3. The van der Waals surface area contributed by atoms with Gasteiger partial charge in [-0.25, -0.2) is 4.79 Å². The Kier molecular flexibility index (Phi) is 9.03. The number of fused-ring (bicyclic) bond motifs is 3. The SMILES string of the molecule is C=C1c2c(Cl)ccc(O)c2C(O)=C2C(=O)[C@]3(O)C(O)=C(C(N)=O)C(=O)[C@@H](N(C)C)[C@H]3[C@@H](O)[C@H]12.O=C(O)c1ccccc1OS(=O)(=O)O. The van der Waals surface area contributed by atoms with Gasteiger partial charge in [0, 0.05) is 16.5 Å². The van der Waals surface area contributed by atoms with Gasteiger partial charge in [-0.3, -0.25) is 23.8 Å². The molecule has 2 aromatic carbocycles. The first-order chi connectivity index (χ1) is 21.7. The van der Waals surface area contributed by atoms with Crippen molar-refractivity contribution >= 4 is 56.8 Å². The Balaban J connectivity index is 0.000000300. The number of hydrogen-bond acceptors (Lipinski definition) is 13. The van der Waals surface area contributed by atoms with Crippen LogP contribution in [0, 0.1) is 11.8 Å². The van der Waals surface area contributed by atoms with Gasteiger partial charge in [0.1, 0.15) is 28.4 Å². The Labute approximate surface area is 270 Å². The molecule has 1 saturated carbocycles. The molecule has 16 nitrogen and oxygen atoms in total. The third kappa shape index (κ3) is 5.62. The van der Waals surface area contributed by atoms with E-state index in [2.05, 4.69) is 10.8 Å². The number of phenolic OH excluding ortho intramolecular Hbond substituents is 1. The van der Waals surface area contributed by atoms with E-state index in [1.54, 1.807) is 0 Å². The topological polar surface area (TPSA) is 283 Å². The van der Waals surface area contributed by atoms with Crippen LogP contribution in [0.5, 0.6) is 11.5 Å². The van der Waals surface area contributed by atoms with E-state index in [4.69, 9.17) is 27.0 Å². The summed E-state index contributed by atoms with van der Waals surface area (Å²) in [4.78, 5) is 50.5. The van der Waals surface area contributed by atoms with E-state index >= 15 is 0 Å². The van der Waals surface area contributed by atoms with Gasteiger partial charge in [0.15, 0.2) is 17.1 Å². The van der Waals surface area contributed by atoms with Crippen LogP contribution in [-0.2, 0) is 24.8 Å². The lowest BCUT2D eigenvalue weighted by Crippen LogP contribution is -2.70. The molecule has 0 heterocycles. The Hall–Kier alpha value is -4.78. The fraction of sp³-hybridized carbons (Fsp3) is 0.241. The summed E-state index contributed by atoms with van der Waals surface area (Å²) in [6, 6.07) is 6.14. The first-order valence-corrected chi connectivity index (χ1v) is 14.9. The molecule has 47 heavy (non-hydrogen) atoms. The van der Waals surface area contributed by atoms with Crippen LogP contribution in [0.3, 0.4) is 0 Å². The maximum absolute atomic E-state index is 13.7. The van der Waals surface area contributed by atoms with Crippen LogP contribution in [0.25, 0.3) is 11.3 Å². The molecule has 1 fully saturated rings. The lowest BCUT2D eigenvalue weighted by Gasteiger charge is -2.52. The second kappa shape index (κ2) is 12.1. The van der Waals surface area contributed by atoms with E-state index in [9.17, 15) is 53.1 Å². The number of aromatic carboxylic acids is 1. The zero-order valence-electron chi connectivity index (χ0n) is 24.3. The summed E-state index contributed by atoms with van der Waals surface area (Å²) >= 11 is 6.25. The smallest absolute Gasteiger partial charge is 0.446 e. The molecule has 5 rings (SSSR count). The zero-order chi connectivity index (χ0) is 35.5. The number of nitrogens with zero attached hydrogens (tertiary/aromatic N) is 1. The van der Waals surface area contributed by atoms with Crippen molar-refractivity contribution < 1.29 is 67.0 Å². The number of nitrogens with two attached hydrogens (primary N) is 1. The van der Waals surface area contributed by atoms with E-state index in [0.717, 1.165) is 12.1 Å². The summed E-state index contributed by atoms with van der Waals surface area (Å²) in [5, 5.41) is 63.6. The highest BCUT2D eigenvalue weighted by molar-refractivity contribution is 7.81. The van der Waals surface area contributed by atoms with Crippen LogP contribution in [0.2, 0.25) is 5.02 Å². The van der Waals surface area contributed by atoms with Gasteiger partial charge in [0.25, 0.3) is 5.91 Å². The van der Waals surface area contributed by atoms with Gasteiger partial charge in [-0.2, -0.15) is 8.42 Å². The fourth-order valence-electron chi connectivity index (χ4n) is 6.09. The number of aromatic hydroxyl groups is 1. The molecule has 3 aliphatic carbocycles. The number of rotatable bonds is 5. The minimum Gasteiger partial charge on any atom is -0.508 e. The lowest BCUT2D eigenvalue weighted by molar-refractivity contribution is -0.166. The summed E-state index contributed by atoms with van der Waals surface area (Å²) in [5.74, 6) is -10.9. The van der Waals surface area contributed by atoms with Crippen molar-refractivity contribution in [2.45, 2.75) is 17.7 Å². The number of carboxylic acid groups (broad SMARTS) is 1. The van der Waals surface area contributed by atoms with Crippen LogP contribution in [0.4, 0.5) is 0 Å². The molecule has 3 aliphatic rings. The van der Waals surface area contributed by atoms with Crippen molar-refractivity contribution in [3.63, 3.8) is 0 Å². The maximum Gasteiger partial charge on any atom is 0.446 e. The Bertz CT molecular complexity index is 1940. The second-order valence-electron chi connectivity index (χ2n) is 10.9. The average molecular weight is 695 g/mol. The Morgan fingerprint density at radius 2 is 1.66 bits per heavy atom. The van der Waals surface area contributed by atoms with Gasteiger partial charge < -0.3 is 40.6 Å². The molecule has 9 N–H and O–H groups in total. The molecule has 18 heteroatoms. The number of para-hydroxylation sites is 1. The van der Waals surface area contributed by atoms with Crippen molar-refractivity contribution in [1.29, 1.82) is 0 Å². The number of carbonyl (C=O) groups is 4. The monoisotopic (exact) mass is 694 g/mol. The van der Waals surface area contributed by atoms with Crippen LogP contribution in [0.1, 0.15) is 21.5 Å². The van der Waals surface area contributed by atoms with E-state index in [1.807, 2.05) is 0 Å². The average Bonchev–Trinajstić information content (AvgIpc) is 2.95. The minimum absolute atomic E-state index is 0.0516. The highest BCUT2D eigenvalue weighted by Crippen LogP contribution is 2.56. The molecule has 5 atom stereocenters. The Morgan fingerprint density at radius 3 is 2.19 bits per heavy atom. The molecular formula is C29H27ClN2O14S. The molecule has 1 amide bonds. The lowest BCUT2D eigenvalue weighted by atomic mass is 9.55. The largest absolute Gasteiger partial charge is 0.508 e. The van der Waals surface area contributed by atoms with Crippen LogP contribution in [0.15, 0.2) is 59.9 Å². The molecule has 0 aromatic heterocycles. The van der Waals surface area contributed by atoms with Gasteiger partial charge in [-0.05, 0) is 43.9 Å². The summed E-state index contributed by atoms with van der Waals surface area (Å²) in [5.41, 5.74) is 0.292. The molecular weight excluding hydrogens is 668 g/mol. The number of phenols is 1. The van der Waals surface area contributed by atoms with Crippen LogP contribution in [-0.4, -0.2) is 104 Å². The first-order valence-electron chi connectivity index (χ1n) is 13.2. The number of benzene rings is 2. The van der Waals surface area contributed by atoms with Crippen molar-refractivity contribution in [3.05, 3.63) is 81.6 Å². The predicted octanol–water partition coefficient (Wildman–Crippen LogP) is 0.625. The Morgan fingerprint density at radius 1 is 1.06 bits per heavy atom. The molecule has 0 bridgehead atoms. The van der Waals surface area contributed by atoms with Gasteiger partial charge in [0.05, 0.1) is 29.2 Å². The van der Waals surface area contributed by atoms with E-state index in [1.165, 1.54) is 43.3 Å². The van der Waals surface area contributed by atoms with Crippen molar-refractivity contribution in [2.75, 3.05) is 14.1 Å². The summed E-state index contributed by atoms with van der Waals surface area (Å²) in [6.45, 7) is 3.89. The summed E-state index contributed by atoms with van der Waals surface area (Å²) < 4.78 is 33.0. The van der Waals surface area contributed by atoms with Crippen molar-refractivity contribution in [2.24, 2.45) is 17.6 Å². The van der Waals surface area contributed by atoms with Crippen LogP contribution >= 0.6 is 11.6 Å². The number of halogens is 1. The van der Waals surface area contributed by atoms with Gasteiger partial charge in [0.2, 0.25) is 5.78 Å². The maximum atomic E-state index is 13.7. The molecule has 0 radical (unpaired) electrons. The molecule has 0 saturated heterocycles. The van der Waals surface area contributed by atoms with E-state index < -0.39 is 97.6 Å². The number of aliphatic hydroxyl groups excluding tert-OH is 3. The number of aliphatic hydroxyl groups is 4. The standard InChI is InChI=1S/C22H21ClN2O8.C7H6O6S/c1-6-9-7(23)4-5-8(26)11(9)16(27)12-10(6)17(28)14-15(25(2)3)18(29)13(21(24)32)20(31)22(14,33)19(12)30;8-7(9)5-3-1-2-4-6(5)13-14(10,11)12/h4-5,10,14-15,17,26-28,31,33H,1H2,2-3H3,(H2,24,32);1-4H,(H,8,9)(H,10,11,12)/t10-,14+,15+,17+,22+;/m1./s1. The number of ketones is 2.